The smallest absolute Gasteiger partial charge is 0.174 e. The number of aromatic nitrogens is 4. The second-order valence-corrected chi connectivity index (χ2v) is 6.46. The van der Waals surface area contributed by atoms with Crippen LogP contribution in [0.4, 0.5) is 0 Å². The van der Waals surface area contributed by atoms with Crippen molar-refractivity contribution in [2.75, 3.05) is 0 Å². The highest BCUT2D eigenvalue weighted by atomic mass is 35.5. The number of fused-ring (bicyclic) bond motifs is 1. The van der Waals surface area contributed by atoms with Gasteiger partial charge in [0, 0.05) is 11.4 Å². The lowest BCUT2D eigenvalue weighted by Gasteiger charge is -2.05. The Morgan fingerprint density at radius 2 is 1.76 bits per heavy atom. The fourth-order valence-electron chi connectivity index (χ4n) is 3.33. The van der Waals surface area contributed by atoms with Gasteiger partial charge < -0.3 is 0 Å². The number of aromatic amines is 1. The first-order valence-electron chi connectivity index (χ1n) is 8.22. The number of hydrogen-bond acceptors (Lipinski definition) is 3. The van der Waals surface area contributed by atoms with Gasteiger partial charge in [0.2, 0.25) is 0 Å². The van der Waals surface area contributed by atoms with Crippen LogP contribution in [0.5, 0.6) is 0 Å². The van der Waals surface area contributed by atoms with Gasteiger partial charge in [-0.05, 0) is 58.9 Å². The average molecular weight is 349 g/mol. The SMILES string of the molecule is CC1=C(CCc2nn[nH]n2)c2ccccc2/C1=C\c1ccccc1Cl. The lowest BCUT2D eigenvalue weighted by molar-refractivity contribution is 0.881. The molecule has 2 aromatic carbocycles. The zero-order valence-corrected chi connectivity index (χ0v) is 14.6. The molecule has 0 spiro atoms. The molecule has 5 heteroatoms. The molecule has 0 amide bonds. The van der Waals surface area contributed by atoms with Gasteiger partial charge in [-0.25, -0.2) is 0 Å². The highest BCUT2D eigenvalue weighted by Crippen LogP contribution is 2.44. The molecule has 3 aromatic rings. The Bertz CT molecular complexity index is 971. The van der Waals surface area contributed by atoms with Gasteiger partial charge in [-0.15, -0.1) is 10.2 Å². The normalized spacial score (nSPS) is 15.0. The van der Waals surface area contributed by atoms with E-state index in [0.717, 1.165) is 29.3 Å². The van der Waals surface area contributed by atoms with Crippen molar-refractivity contribution < 1.29 is 0 Å². The summed E-state index contributed by atoms with van der Waals surface area (Å²) in [5.74, 6) is 0.737. The number of tetrazole rings is 1. The van der Waals surface area contributed by atoms with E-state index in [-0.39, 0.29) is 0 Å². The zero-order chi connectivity index (χ0) is 17.2. The molecule has 1 aromatic heterocycles. The Kier molecular flexibility index (Phi) is 4.20. The Balaban J connectivity index is 1.75. The van der Waals surface area contributed by atoms with E-state index in [0.29, 0.717) is 0 Å². The number of nitrogens with one attached hydrogen (secondary N) is 1. The van der Waals surface area contributed by atoms with E-state index >= 15 is 0 Å². The van der Waals surface area contributed by atoms with Crippen LogP contribution in [0.1, 0.15) is 35.9 Å². The molecule has 0 aliphatic heterocycles. The van der Waals surface area contributed by atoms with Gasteiger partial charge in [0.1, 0.15) is 0 Å². The summed E-state index contributed by atoms with van der Waals surface area (Å²) >= 11 is 6.35. The first-order valence-corrected chi connectivity index (χ1v) is 8.60. The maximum Gasteiger partial charge on any atom is 0.174 e. The number of benzene rings is 2. The van der Waals surface area contributed by atoms with Crippen LogP contribution in [0.2, 0.25) is 5.02 Å². The quantitative estimate of drug-likeness (QED) is 0.735. The fourth-order valence-corrected chi connectivity index (χ4v) is 3.52. The van der Waals surface area contributed by atoms with Crippen molar-refractivity contribution in [1.29, 1.82) is 0 Å². The van der Waals surface area contributed by atoms with E-state index in [9.17, 15) is 0 Å². The molecule has 25 heavy (non-hydrogen) atoms. The number of aryl methyl sites for hydroxylation is 1. The summed E-state index contributed by atoms with van der Waals surface area (Å²) in [5, 5.41) is 15.0. The Morgan fingerprint density at radius 3 is 2.52 bits per heavy atom. The van der Waals surface area contributed by atoms with E-state index < -0.39 is 0 Å². The van der Waals surface area contributed by atoms with E-state index in [1.165, 1.54) is 27.8 Å². The standard InChI is InChI=1S/C20H17ClN4/c1-13-15(10-11-20-22-24-25-23-20)16-7-3-4-8-17(16)18(13)12-14-6-2-5-9-19(14)21/h2-9,12H,10-11H2,1H3,(H,22,23,24,25)/b18-12-. The van der Waals surface area contributed by atoms with Crippen molar-refractivity contribution in [3.63, 3.8) is 0 Å². The molecule has 1 heterocycles. The minimum Gasteiger partial charge on any atom is -0.177 e. The average Bonchev–Trinajstić information content (AvgIpc) is 3.23. The largest absolute Gasteiger partial charge is 0.177 e. The number of H-pyrrole nitrogens is 1. The highest BCUT2D eigenvalue weighted by molar-refractivity contribution is 6.32. The highest BCUT2D eigenvalue weighted by Gasteiger charge is 2.23. The van der Waals surface area contributed by atoms with Crippen molar-refractivity contribution >= 4 is 28.8 Å². The topological polar surface area (TPSA) is 54.5 Å². The number of nitrogens with zero attached hydrogens (tertiary/aromatic N) is 3. The first-order chi connectivity index (χ1) is 12.2. The van der Waals surface area contributed by atoms with Crippen LogP contribution >= 0.6 is 11.6 Å². The number of rotatable bonds is 4. The number of halogens is 1. The summed E-state index contributed by atoms with van der Waals surface area (Å²) < 4.78 is 0. The molecule has 4 rings (SSSR count). The zero-order valence-electron chi connectivity index (χ0n) is 13.8. The summed E-state index contributed by atoms with van der Waals surface area (Å²) in [6, 6.07) is 16.4. The molecular weight excluding hydrogens is 332 g/mol. The van der Waals surface area contributed by atoms with Crippen LogP contribution in [-0.4, -0.2) is 20.6 Å². The van der Waals surface area contributed by atoms with Crippen molar-refractivity contribution in [2.24, 2.45) is 0 Å². The van der Waals surface area contributed by atoms with E-state index in [1.54, 1.807) is 0 Å². The summed E-state index contributed by atoms with van der Waals surface area (Å²) in [6.07, 6.45) is 3.82. The van der Waals surface area contributed by atoms with E-state index in [2.05, 4.69) is 57.9 Å². The molecule has 0 saturated carbocycles. The molecule has 1 N–H and O–H groups in total. The van der Waals surface area contributed by atoms with Gasteiger partial charge in [-0.3, -0.25) is 0 Å². The van der Waals surface area contributed by atoms with Crippen LogP contribution in [0.25, 0.3) is 17.2 Å². The molecule has 1 aliphatic carbocycles. The number of hydrogen-bond donors (Lipinski definition) is 1. The maximum absolute atomic E-state index is 6.35. The second-order valence-electron chi connectivity index (χ2n) is 6.06. The van der Waals surface area contributed by atoms with Gasteiger partial charge in [-0.1, -0.05) is 59.3 Å². The Labute approximate surface area is 151 Å². The van der Waals surface area contributed by atoms with Crippen molar-refractivity contribution in [1.82, 2.24) is 20.6 Å². The molecule has 0 unspecified atom stereocenters. The van der Waals surface area contributed by atoms with Crippen molar-refractivity contribution in [2.45, 2.75) is 19.8 Å². The predicted octanol–water partition coefficient (Wildman–Crippen LogP) is 4.81. The van der Waals surface area contributed by atoms with Crippen LogP contribution < -0.4 is 0 Å². The summed E-state index contributed by atoms with van der Waals surface area (Å²) in [6.45, 7) is 2.17. The second kappa shape index (κ2) is 6.65. The lowest BCUT2D eigenvalue weighted by atomic mass is 10.0. The van der Waals surface area contributed by atoms with Crippen LogP contribution in [0.15, 0.2) is 54.1 Å². The molecule has 0 atom stereocenters. The van der Waals surface area contributed by atoms with Crippen LogP contribution in [-0.2, 0) is 6.42 Å². The summed E-state index contributed by atoms with van der Waals surface area (Å²) in [4.78, 5) is 0. The van der Waals surface area contributed by atoms with E-state index in [4.69, 9.17) is 11.6 Å². The Hall–Kier alpha value is -2.72. The fraction of sp³-hybridized carbons (Fsp3) is 0.150. The van der Waals surface area contributed by atoms with Crippen LogP contribution in [0.3, 0.4) is 0 Å². The number of allylic oxidation sites excluding steroid dienone is 3. The van der Waals surface area contributed by atoms with Crippen molar-refractivity contribution in [3.05, 3.63) is 81.6 Å². The third-order valence-corrected chi connectivity index (χ3v) is 4.94. The third kappa shape index (κ3) is 3.01. The molecule has 0 saturated heterocycles. The summed E-state index contributed by atoms with van der Waals surface area (Å²) in [5.41, 5.74) is 7.41. The van der Waals surface area contributed by atoms with Crippen LogP contribution in [0, 0.1) is 0 Å². The van der Waals surface area contributed by atoms with Crippen molar-refractivity contribution in [3.8, 4) is 0 Å². The van der Waals surface area contributed by atoms with Gasteiger partial charge >= 0.3 is 0 Å². The Morgan fingerprint density at radius 1 is 1.00 bits per heavy atom. The van der Waals surface area contributed by atoms with Gasteiger partial charge in [0.25, 0.3) is 0 Å². The monoisotopic (exact) mass is 348 g/mol. The van der Waals surface area contributed by atoms with Gasteiger partial charge in [-0.2, -0.15) is 5.21 Å². The van der Waals surface area contributed by atoms with Gasteiger partial charge in [0.05, 0.1) is 0 Å². The minimum absolute atomic E-state index is 0.737. The molecule has 0 fully saturated rings. The third-order valence-electron chi connectivity index (χ3n) is 4.59. The molecule has 4 nitrogen and oxygen atoms in total. The molecular formula is C20H17ClN4. The molecule has 124 valence electrons. The summed E-state index contributed by atoms with van der Waals surface area (Å²) in [7, 11) is 0. The molecule has 0 bridgehead atoms. The minimum atomic E-state index is 0.737. The maximum atomic E-state index is 6.35. The van der Waals surface area contributed by atoms with Gasteiger partial charge in [0.15, 0.2) is 5.82 Å². The lowest BCUT2D eigenvalue weighted by Crippen LogP contribution is -1.92. The van der Waals surface area contributed by atoms with E-state index in [1.807, 2.05) is 24.3 Å². The molecule has 0 radical (unpaired) electrons. The first kappa shape index (κ1) is 15.8. The predicted molar refractivity (Wildman–Crippen MR) is 101 cm³/mol. The molecule has 1 aliphatic rings.